The van der Waals surface area contributed by atoms with E-state index in [0.29, 0.717) is 6.54 Å². The van der Waals surface area contributed by atoms with Gasteiger partial charge in [-0.3, -0.25) is 9.69 Å². The molecule has 0 aliphatic carbocycles. The van der Waals surface area contributed by atoms with Gasteiger partial charge in [-0.1, -0.05) is 91.3 Å². The number of para-hydroxylation sites is 1. The highest BCUT2D eigenvalue weighted by Gasteiger charge is 2.39. The second-order valence-corrected chi connectivity index (χ2v) is 8.61. The van der Waals surface area contributed by atoms with Crippen molar-refractivity contribution < 1.29 is 4.79 Å². The Kier molecular flexibility index (Phi) is 5.70. The van der Waals surface area contributed by atoms with Crippen LogP contribution in [-0.2, 0) is 13.0 Å². The maximum atomic E-state index is 13.9. The topological polar surface area (TPSA) is 23.6 Å². The van der Waals surface area contributed by atoms with Crippen molar-refractivity contribution in [1.82, 2.24) is 0 Å². The normalized spacial score (nSPS) is 15.5. The second kappa shape index (κ2) is 8.95. The third-order valence-electron chi connectivity index (χ3n) is 6.40. The van der Waals surface area contributed by atoms with Crippen molar-refractivity contribution >= 4 is 17.3 Å². The molecule has 1 heterocycles. The zero-order chi connectivity index (χ0) is 22.8. The van der Waals surface area contributed by atoms with Gasteiger partial charge < -0.3 is 4.90 Å². The smallest absolute Gasteiger partial charge is 0.262 e. The van der Waals surface area contributed by atoms with Crippen molar-refractivity contribution in [3.63, 3.8) is 0 Å². The second-order valence-electron chi connectivity index (χ2n) is 8.61. The summed E-state index contributed by atoms with van der Waals surface area (Å²) in [6.07, 6.45) is 0.739. The largest absolute Gasteiger partial charge is 0.342 e. The summed E-state index contributed by atoms with van der Waals surface area (Å²) < 4.78 is 0. The van der Waals surface area contributed by atoms with Crippen LogP contribution in [0.5, 0.6) is 0 Å². The zero-order valence-electron chi connectivity index (χ0n) is 19.1. The van der Waals surface area contributed by atoms with Crippen molar-refractivity contribution in [3.05, 3.63) is 131 Å². The lowest BCUT2D eigenvalue weighted by molar-refractivity contribution is 0.0968. The van der Waals surface area contributed by atoms with Gasteiger partial charge in [-0.25, -0.2) is 0 Å². The van der Waals surface area contributed by atoms with E-state index < -0.39 is 0 Å². The van der Waals surface area contributed by atoms with Gasteiger partial charge in [0.15, 0.2) is 0 Å². The number of hydrogen-bond donors (Lipinski definition) is 0. The summed E-state index contributed by atoms with van der Waals surface area (Å²) in [5, 5.41) is 0. The lowest BCUT2D eigenvalue weighted by Gasteiger charge is -2.46. The summed E-state index contributed by atoms with van der Waals surface area (Å²) >= 11 is 0. The molecule has 1 aliphatic heterocycles. The Balaban J connectivity index is 1.71. The summed E-state index contributed by atoms with van der Waals surface area (Å²) in [6, 6.07) is 35.4. The molecule has 0 spiro atoms. The Labute approximate surface area is 195 Å². The maximum Gasteiger partial charge on any atom is 0.262 e. The van der Waals surface area contributed by atoms with Crippen LogP contribution in [0.4, 0.5) is 11.4 Å². The van der Waals surface area contributed by atoms with E-state index in [1.54, 1.807) is 0 Å². The van der Waals surface area contributed by atoms with Crippen LogP contribution in [0.2, 0.25) is 0 Å². The number of hydrogen-bond acceptors (Lipinski definition) is 2. The average molecular weight is 433 g/mol. The van der Waals surface area contributed by atoms with E-state index in [-0.39, 0.29) is 12.1 Å². The van der Waals surface area contributed by atoms with E-state index in [0.717, 1.165) is 28.9 Å². The minimum atomic E-state index is -0.249. The number of carbonyl (C=O) groups is 1. The third-order valence-corrected chi connectivity index (χ3v) is 6.40. The number of aryl methyl sites for hydroxylation is 2. The number of nitrogens with zero attached hydrogens (tertiary/aromatic N) is 2. The van der Waals surface area contributed by atoms with Crippen LogP contribution < -0.4 is 9.80 Å². The molecule has 1 amide bonds. The molecular weight excluding hydrogens is 404 g/mol. The highest BCUT2D eigenvalue weighted by Crippen LogP contribution is 2.42. The maximum absolute atomic E-state index is 13.9. The van der Waals surface area contributed by atoms with E-state index in [2.05, 4.69) is 97.6 Å². The van der Waals surface area contributed by atoms with E-state index in [1.165, 1.54) is 16.7 Å². The van der Waals surface area contributed by atoms with Gasteiger partial charge >= 0.3 is 0 Å². The van der Waals surface area contributed by atoms with Crippen molar-refractivity contribution in [1.29, 1.82) is 0 Å². The molecule has 1 aliphatic rings. The molecule has 0 fully saturated rings. The van der Waals surface area contributed by atoms with Crippen molar-refractivity contribution in [3.8, 4) is 0 Å². The van der Waals surface area contributed by atoms with Gasteiger partial charge in [-0.05, 0) is 54.3 Å². The molecule has 0 aromatic heterocycles. The van der Waals surface area contributed by atoms with E-state index >= 15 is 0 Å². The minimum absolute atomic E-state index is 0.0309. The molecule has 164 valence electrons. The fraction of sp³-hybridized carbons (Fsp3) is 0.167. The molecule has 0 N–H and O–H groups in total. The summed E-state index contributed by atoms with van der Waals surface area (Å²) in [6.45, 7) is 4.93. The molecule has 0 unspecified atom stereocenters. The molecule has 1 atom stereocenters. The number of anilines is 2. The molecule has 33 heavy (non-hydrogen) atoms. The molecule has 3 nitrogen and oxygen atoms in total. The first-order valence-corrected chi connectivity index (χ1v) is 11.5. The van der Waals surface area contributed by atoms with Crippen LogP contribution in [0, 0.1) is 6.92 Å². The predicted molar refractivity (Wildman–Crippen MR) is 136 cm³/mol. The van der Waals surface area contributed by atoms with Gasteiger partial charge in [0, 0.05) is 12.2 Å². The van der Waals surface area contributed by atoms with Crippen LogP contribution in [0.3, 0.4) is 0 Å². The molecule has 3 heteroatoms. The summed E-state index contributed by atoms with van der Waals surface area (Å²) in [4.78, 5) is 18.2. The first-order chi connectivity index (χ1) is 16.2. The van der Waals surface area contributed by atoms with E-state index in [9.17, 15) is 4.79 Å². The Morgan fingerprint density at radius 2 is 1.39 bits per heavy atom. The fourth-order valence-corrected chi connectivity index (χ4v) is 4.59. The van der Waals surface area contributed by atoms with Crippen LogP contribution in [0.15, 0.2) is 103 Å². The van der Waals surface area contributed by atoms with Crippen molar-refractivity contribution in [2.24, 2.45) is 0 Å². The van der Waals surface area contributed by atoms with Gasteiger partial charge in [0.25, 0.3) is 5.91 Å². The first kappa shape index (κ1) is 21.0. The molecule has 0 bridgehead atoms. The van der Waals surface area contributed by atoms with Crippen molar-refractivity contribution in [2.45, 2.75) is 33.0 Å². The summed E-state index contributed by atoms with van der Waals surface area (Å²) in [5.41, 5.74) is 7.39. The fourth-order valence-electron chi connectivity index (χ4n) is 4.59. The molecule has 5 rings (SSSR count). The number of rotatable bonds is 5. The number of fused-ring (bicyclic) bond motifs is 1. The standard InChI is InChI=1S/C30H28N2O/c1-3-23-15-17-25(18-16-23)29-31(21-24-9-5-4-6-10-24)28-12-8-7-11-27(28)30(33)32(29)26-19-13-22(2)14-20-26/h4-20,29H,3,21H2,1-2H3/t29-/m0/s1. The Morgan fingerprint density at radius 3 is 2.09 bits per heavy atom. The SMILES string of the molecule is CCc1ccc([C@H]2N(Cc3ccccc3)c3ccccc3C(=O)N2c2ccc(C)cc2)cc1. The van der Waals surface area contributed by atoms with Gasteiger partial charge in [0.2, 0.25) is 0 Å². The highest BCUT2D eigenvalue weighted by molar-refractivity contribution is 6.12. The first-order valence-electron chi connectivity index (χ1n) is 11.5. The van der Waals surface area contributed by atoms with Gasteiger partial charge in [0.1, 0.15) is 6.17 Å². The number of amides is 1. The minimum Gasteiger partial charge on any atom is -0.342 e. The van der Waals surface area contributed by atoms with Crippen LogP contribution in [-0.4, -0.2) is 5.91 Å². The van der Waals surface area contributed by atoms with Crippen molar-refractivity contribution in [2.75, 3.05) is 9.80 Å². The Bertz CT molecular complexity index is 1250. The quantitative estimate of drug-likeness (QED) is 0.342. The summed E-state index contributed by atoms with van der Waals surface area (Å²) in [7, 11) is 0. The molecule has 4 aromatic rings. The average Bonchev–Trinajstić information content (AvgIpc) is 2.87. The van der Waals surface area contributed by atoms with Gasteiger partial charge in [0.05, 0.1) is 11.3 Å². The van der Waals surface area contributed by atoms with Gasteiger partial charge in [-0.2, -0.15) is 0 Å². The Morgan fingerprint density at radius 1 is 0.727 bits per heavy atom. The van der Waals surface area contributed by atoms with E-state index in [1.807, 2.05) is 29.2 Å². The van der Waals surface area contributed by atoms with Crippen LogP contribution in [0.25, 0.3) is 0 Å². The number of benzene rings is 4. The van der Waals surface area contributed by atoms with E-state index in [4.69, 9.17) is 0 Å². The van der Waals surface area contributed by atoms with Crippen LogP contribution >= 0.6 is 0 Å². The third kappa shape index (κ3) is 4.03. The summed E-state index contributed by atoms with van der Waals surface area (Å²) in [5.74, 6) is 0.0309. The monoisotopic (exact) mass is 432 g/mol. The Hall–Kier alpha value is -3.85. The molecule has 4 aromatic carbocycles. The lowest BCUT2D eigenvalue weighted by Crippen LogP contribution is -2.49. The van der Waals surface area contributed by atoms with Gasteiger partial charge in [-0.15, -0.1) is 0 Å². The zero-order valence-corrected chi connectivity index (χ0v) is 19.1. The highest BCUT2D eigenvalue weighted by atomic mass is 16.2. The van der Waals surface area contributed by atoms with Crippen LogP contribution in [0.1, 0.15) is 45.7 Å². The number of carbonyl (C=O) groups excluding carboxylic acids is 1. The molecule has 0 radical (unpaired) electrons. The molecule has 0 saturated carbocycles. The molecule has 0 saturated heterocycles. The predicted octanol–water partition coefficient (Wildman–Crippen LogP) is 6.92. The lowest BCUT2D eigenvalue weighted by atomic mass is 9.98. The molecular formula is C30H28N2O.